The van der Waals surface area contributed by atoms with Crippen molar-refractivity contribution in [3.8, 4) is 0 Å². The van der Waals surface area contributed by atoms with Crippen molar-refractivity contribution in [2.75, 3.05) is 13.6 Å². The number of nitrogens with zero attached hydrogens (tertiary/aromatic N) is 1. The molecule has 2 nitrogen and oxygen atoms in total. The number of carbonyl (C=O) groups excluding carboxylic acids is 1. The fourth-order valence-corrected chi connectivity index (χ4v) is 3.22. The van der Waals surface area contributed by atoms with Crippen LogP contribution < -0.4 is 0 Å². The number of rotatable bonds is 6. The number of aryl methyl sites for hydroxylation is 1. The Balaban J connectivity index is 1.86. The smallest absolute Gasteiger partial charge is 0.164 e. The molecule has 0 saturated heterocycles. The highest BCUT2D eigenvalue weighted by Gasteiger charge is 2.10. The number of thiophene rings is 1. The van der Waals surface area contributed by atoms with Crippen molar-refractivity contribution in [3.63, 3.8) is 0 Å². The van der Waals surface area contributed by atoms with E-state index in [1.807, 2.05) is 7.05 Å². The number of hydrogen-bond acceptors (Lipinski definition) is 3. The maximum Gasteiger partial charge on any atom is 0.164 e. The quantitative estimate of drug-likeness (QED) is 0.690. The second-order valence-corrected chi connectivity index (χ2v) is 7.42. The number of hydrogen-bond donors (Lipinski definition) is 0. The lowest BCUT2D eigenvalue weighted by atomic mass is 10.1. The van der Waals surface area contributed by atoms with Crippen molar-refractivity contribution in [3.05, 3.63) is 55.9 Å². The molecule has 0 aliphatic carbocycles. The third kappa shape index (κ3) is 4.73. The molecule has 0 fully saturated rings. The molecule has 0 unspecified atom stereocenters. The first-order chi connectivity index (χ1) is 9.95. The van der Waals surface area contributed by atoms with E-state index in [4.69, 9.17) is 0 Å². The molecule has 0 N–H and O–H groups in total. The molecule has 5 heteroatoms. The van der Waals surface area contributed by atoms with Gasteiger partial charge in [-0.25, -0.2) is 4.39 Å². The number of carbonyl (C=O) groups is 1. The molecule has 21 heavy (non-hydrogen) atoms. The van der Waals surface area contributed by atoms with E-state index in [0.717, 1.165) is 10.3 Å². The van der Waals surface area contributed by atoms with Gasteiger partial charge in [-0.3, -0.25) is 4.79 Å². The maximum atomic E-state index is 13.5. The number of halogens is 2. The van der Waals surface area contributed by atoms with Crippen LogP contribution in [0.3, 0.4) is 0 Å². The summed E-state index contributed by atoms with van der Waals surface area (Å²) in [6, 6.07) is 6.75. The third-order valence-corrected chi connectivity index (χ3v) is 4.84. The molecule has 0 aliphatic rings. The first kappa shape index (κ1) is 16.3. The minimum Gasteiger partial charge on any atom is -0.302 e. The van der Waals surface area contributed by atoms with Gasteiger partial charge in [0.15, 0.2) is 5.78 Å². The predicted molar refractivity (Wildman–Crippen MR) is 88.4 cm³/mol. The summed E-state index contributed by atoms with van der Waals surface area (Å²) < 4.78 is 14.6. The van der Waals surface area contributed by atoms with Crippen LogP contribution in [0, 0.1) is 12.7 Å². The SMILES string of the molecule is Cc1ccc(C(=O)CCN(C)Cc2csc(Br)c2)cc1F. The predicted octanol–water partition coefficient (Wildman–Crippen LogP) is 4.66. The van der Waals surface area contributed by atoms with E-state index in [1.54, 1.807) is 30.4 Å². The summed E-state index contributed by atoms with van der Waals surface area (Å²) in [5.74, 6) is -0.343. The fraction of sp³-hybridized carbons (Fsp3) is 0.312. The van der Waals surface area contributed by atoms with Crippen LogP contribution >= 0.6 is 27.3 Å². The topological polar surface area (TPSA) is 20.3 Å². The first-order valence-corrected chi connectivity index (χ1v) is 8.34. The van der Waals surface area contributed by atoms with Crippen LogP contribution in [0.15, 0.2) is 33.4 Å². The van der Waals surface area contributed by atoms with Crippen LogP contribution in [0.2, 0.25) is 0 Å². The van der Waals surface area contributed by atoms with Crippen LogP contribution in [-0.2, 0) is 6.54 Å². The van der Waals surface area contributed by atoms with Crippen molar-refractivity contribution in [1.29, 1.82) is 0 Å². The van der Waals surface area contributed by atoms with Crippen molar-refractivity contribution >= 4 is 33.0 Å². The van der Waals surface area contributed by atoms with Gasteiger partial charge in [0.05, 0.1) is 3.79 Å². The molecule has 0 aliphatic heterocycles. The molecule has 2 aromatic rings. The fourth-order valence-electron chi connectivity index (χ4n) is 2.02. The van der Waals surface area contributed by atoms with E-state index < -0.39 is 0 Å². The summed E-state index contributed by atoms with van der Waals surface area (Å²) in [5, 5.41) is 2.09. The Kier molecular flexibility index (Phi) is 5.67. The molecular formula is C16H17BrFNOS. The van der Waals surface area contributed by atoms with Crippen LogP contribution in [0.5, 0.6) is 0 Å². The average Bonchev–Trinajstić information content (AvgIpc) is 2.84. The average molecular weight is 370 g/mol. The lowest BCUT2D eigenvalue weighted by Crippen LogP contribution is -2.21. The zero-order chi connectivity index (χ0) is 15.4. The van der Waals surface area contributed by atoms with E-state index in [9.17, 15) is 9.18 Å². The second kappa shape index (κ2) is 7.29. The van der Waals surface area contributed by atoms with E-state index >= 15 is 0 Å². The van der Waals surface area contributed by atoms with Gasteiger partial charge in [-0.05, 0) is 58.5 Å². The van der Waals surface area contributed by atoms with Crippen LogP contribution in [0.1, 0.15) is 27.9 Å². The number of benzene rings is 1. The van der Waals surface area contributed by atoms with Crippen LogP contribution in [0.25, 0.3) is 0 Å². The minimum atomic E-state index is -0.322. The molecule has 0 bridgehead atoms. The van der Waals surface area contributed by atoms with Gasteiger partial charge in [-0.2, -0.15) is 0 Å². The lowest BCUT2D eigenvalue weighted by molar-refractivity contribution is 0.0967. The highest BCUT2D eigenvalue weighted by molar-refractivity contribution is 9.11. The molecule has 2 rings (SSSR count). The van der Waals surface area contributed by atoms with Crippen molar-refractivity contribution < 1.29 is 9.18 Å². The monoisotopic (exact) mass is 369 g/mol. The Bertz CT molecular complexity index is 641. The molecule has 1 aromatic heterocycles. The summed E-state index contributed by atoms with van der Waals surface area (Å²) >= 11 is 5.09. The number of ketones is 1. The van der Waals surface area contributed by atoms with E-state index in [2.05, 4.69) is 32.3 Å². The zero-order valence-corrected chi connectivity index (χ0v) is 14.4. The first-order valence-electron chi connectivity index (χ1n) is 6.66. The van der Waals surface area contributed by atoms with E-state index in [1.165, 1.54) is 11.6 Å². The highest BCUT2D eigenvalue weighted by Crippen LogP contribution is 2.21. The Morgan fingerprint density at radius 2 is 2.14 bits per heavy atom. The molecule has 1 heterocycles. The maximum absolute atomic E-state index is 13.5. The molecule has 0 amide bonds. The summed E-state index contributed by atoms with van der Waals surface area (Å²) in [4.78, 5) is 14.2. The van der Waals surface area contributed by atoms with Crippen molar-refractivity contribution in [1.82, 2.24) is 4.90 Å². The third-order valence-electron chi connectivity index (χ3n) is 3.29. The Morgan fingerprint density at radius 1 is 1.38 bits per heavy atom. The van der Waals surface area contributed by atoms with Gasteiger partial charge in [-0.15, -0.1) is 11.3 Å². The lowest BCUT2D eigenvalue weighted by Gasteiger charge is -2.15. The second-order valence-electron chi connectivity index (χ2n) is 5.13. The summed E-state index contributed by atoms with van der Waals surface area (Å²) in [7, 11) is 1.98. The summed E-state index contributed by atoms with van der Waals surface area (Å²) in [5.41, 5.74) is 2.24. The van der Waals surface area contributed by atoms with Crippen LogP contribution in [-0.4, -0.2) is 24.3 Å². The van der Waals surface area contributed by atoms with Gasteiger partial charge in [0.25, 0.3) is 0 Å². The molecule has 0 spiro atoms. The largest absolute Gasteiger partial charge is 0.302 e. The highest BCUT2D eigenvalue weighted by atomic mass is 79.9. The molecule has 0 atom stereocenters. The number of Topliss-reactive ketones (excluding diaryl/α,β-unsaturated/α-hetero) is 1. The summed E-state index contributed by atoms with van der Waals surface area (Å²) in [6.45, 7) is 3.15. The van der Waals surface area contributed by atoms with Crippen molar-refractivity contribution in [2.45, 2.75) is 19.9 Å². The van der Waals surface area contributed by atoms with Gasteiger partial charge in [0, 0.05) is 25.1 Å². The van der Waals surface area contributed by atoms with Gasteiger partial charge < -0.3 is 4.90 Å². The van der Waals surface area contributed by atoms with Gasteiger partial charge in [0.2, 0.25) is 0 Å². The Labute approximate surface area is 136 Å². The molecule has 1 aromatic carbocycles. The molecule has 112 valence electrons. The van der Waals surface area contributed by atoms with Gasteiger partial charge >= 0.3 is 0 Å². The van der Waals surface area contributed by atoms with Gasteiger partial charge in [-0.1, -0.05) is 12.1 Å². The minimum absolute atomic E-state index is 0.0211. The molecule has 0 radical (unpaired) electrons. The molecule has 0 saturated carbocycles. The van der Waals surface area contributed by atoms with E-state index in [-0.39, 0.29) is 11.6 Å². The van der Waals surface area contributed by atoms with Gasteiger partial charge in [0.1, 0.15) is 5.82 Å². The zero-order valence-electron chi connectivity index (χ0n) is 12.0. The van der Waals surface area contributed by atoms with Crippen molar-refractivity contribution in [2.24, 2.45) is 0 Å². The summed E-state index contributed by atoms with van der Waals surface area (Å²) in [6.07, 6.45) is 0.393. The van der Waals surface area contributed by atoms with E-state index in [0.29, 0.717) is 24.1 Å². The Hall–Kier alpha value is -1.04. The van der Waals surface area contributed by atoms with Crippen LogP contribution in [0.4, 0.5) is 4.39 Å². The standard InChI is InChI=1S/C16H17BrFNOS/c1-11-3-4-13(8-14(11)18)15(20)5-6-19(2)9-12-7-16(17)21-10-12/h3-4,7-8,10H,5-6,9H2,1-2H3. The molecular weight excluding hydrogens is 353 g/mol. The normalized spacial score (nSPS) is 11.1. The Morgan fingerprint density at radius 3 is 2.76 bits per heavy atom.